The van der Waals surface area contributed by atoms with Crippen LogP contribution < -0.4 is 0 Å². The summed E-state index contributed by atoms with van der Waals surface area (Å²) in [6, 6.07) is 0. The first kappa shape index (κ1) is 5.40. The molecule has 0 nitrogen and oxygen atoms in total. The molecule has 0 aromatic carbocycles. The van der Waals surface area contributed by atoms with Gasteiger partial charge in [0.25, 0.3) is 0 Å². The third kappa shape index (κ3) is 0.410. The molecule has 11 heavy (non-hydrogen) atoms. The minimum atomic E-state index is 0.851. The molecule has 5 aliphatic carbocycles. The largest absolute Gasteiger partial charge is 0.0845 e. The molecule has 3 fully saturated rings. The minimum absolute atomic E-state index is 0.851. The predicted molar refractivity (Wildman–Crippen MR) is 44.1 cm³/mol. The van der Waals surface area contributed by atoms with E-state index in [0.717, 1.165) is 17.3 Å². The zero-order valence-electron chi connectivity index (χ0n) is 6.84. The Labute approximate surface area is 67.7 Å². The molecule has 1 spiro atoms. The second-order valence-corrected chi connectivity index (χ2v) is 5.10. The molecule has 0 heterocycles. The van der Waals surface area contributed by atoms with Crippen molar-refractivity contribution in [2.75, 3.05) is 0 Å². The molecule has 4 atom stereocenters. The molecule has 0 N–H and O–H groups in total. The summed E-state index contributed by atoms with van der Waals surface area (Å²) >= 11 is 0. The summed E-state index contributed by atoms with van der Waals surface area (Å²) < 4.78 is 0. The van der Waals surface area contributed by atoms with E-state index in [-0.39, 0.29) is 0 Å². The second-order valence-electron chi connectivity index (χ2n) is 5.10. The molecule has 0 aliphatic heterocycles. The second kappa shape index (κ2) is 1.32. The molecule has 0 saturated heterocycles. The average molecular weight is 146 g/mol. The van der Waals surface area contributed by atoms with Gasteiger partial charge < -0.3 is 0 Å². The van der Waals surface area contributed by atoms with Gasteiger partial charge in [-0.15, -0.1) is 0 Å². The zero-order chi connectivity index (χ0) is 7.05. The van der Waals surface area contributed by atoms with E-state index in [1.165, 1.54) is 18.8 Å². The van der Waals surface area contributed by atoms with Crippen LogP contribution in [0.5, 0.6) is 0 Å². The Morgan fingerprint density at radius 1 is 1.36 bits per heavy atom. The molecule has 4 bridgehead atoms. The fourth-order valence-electron chi connectivity index (χ4n) is 4.34. The number of hydrogen-bond donors (Lipinski definition) is 0. The Kier molecular flexibility index (Phi) is 0.648. The topological polar surface area (TPSA) is 0 Å². The summed E-state index contributed by atoms with van der Waals surface area (Å²) in [6.07, 6.45) is 10.3. The predicted octanol–water partition coefficient (Wildman–Crippen LogP) is 2.75. The SMILES string of the molecule is C1=C2C3CC(CC1)C1CC21C3. The van der Waals surface area contributed by atoms with Gasteiger partial charge in [0.2, 0.25) is 0 Å². The minimum Gasteiger partial charge on any atom is -0.0845 e. The first-order valence-electron chi connectivity index (χ1n) is 5.11. The Bertz CT molecular complexity index is 263. The molecule has 0 heteroatoms. The Balaban J connectivity index is 1.94. The third-order valence-corrected chi connectivity index (χ3v) is 4.82. The monoisotopic (exact) mass is 146 g/mol. The van der Waals surface area contributed by atoms with E-state index in [2.05, 4.69) is 6.08 Å². The molecular weight excluding hydrogens is 132 g/mol. The molecule has 0 aromatic heterocycles. The first-order chi connectivity index (χ1) is 5.40. The molecule has 4 unspecified atom stereocenters. The van der Waals surface area contributed by atoms with Gasteiger partial charge in [-0.1, -0.05) is 11.6 Å². The van der Waals surface area contributed by atoms with Crippen LogP contribution in [-0.2, 0) is 0 Å². The smallest absolute Gasteiger partial charge is 0.00454 e. The van der Waals surface area contributed by atoms with Gasteiger partial charge in [0.15, 0.2) is 0 Å². The van der Waals surface area contributed by atoms with Crippen molar-refractivity contribution in [1.82, 2.24) is 0 Å². The van der Waals surface area contributed by atoms with Crippen LogP contribution >= 0.6 is 0 Å². The Morgan fingerprint density at radius 2 is 2.36 bits per heavy atom. The summed E-state index contributed by atoms with van der Waals surface area (Å²) in [7, 11) is 0. The zero-order valence-corrected chi connectivity index (χ0v) is 6.84. The number of fused-ring (bicyclic) bond motifs is 2. The van der Waals surface area contributed by atoms with Crippen LogP contribution in [0.25, 0.3) is 0 Å². The summed E-state index contributed by atoms with van der Waals surface area (Å²) in [5.74, 6) is 3.39. The van der Waals surface area contributed by atoms with Crippen molar-refractivity contribution in [3.05, 3.63) is 11.6 Å². The Morgan fingerprint density at radius 3 is 3.36 bits per heavy atom. The van der Waals surface area contributed by atoms with E-state index < -0.39 is 0 Å². The summed E-state index contributed by atoms with van der Waals surface area (Å²) in [5, 5.41) is 0. The van der Waals surface area contributed by atoms with Crippen LogP contribution in [0.2, 0.25) is 0 Å². The molecule has 3 saturated carbocycles. The lowest BCUT2D eigenvalue weighted by Gasteiger charge is -2.47. The summed E-state index contributed by atoms with van der Waals surface area (Å²) in [5.41, 5.74) is 2.76. The van der Waals surface area contributed by atoms with Crippen molar-refractivity contribution < 1.29 is 0 Å². The van der Waals surface area contributed by atoms with Gasteiger partial charge in [0, 0.05) is 0 Å². The van der Waals surface area contributed by atoms with Crippen LogP contribution in [0.15, 0.2) is 11.6 Å². The van der Waals surface area contributed by atoms with Gasteiger partial charge in [-0.25, -0.2) is 0 Å². The molecule has 58 valence electrons. The lowest BCUT2D eigenvalue weighted by molar-refractivity contribution is 0.143. The quantitative estimate of drug-likeness (QED) is 0.461. The third-order valence-electron chi connectivity index (χ3n) is 4.82. The van der Waals surface area contributed by atoms with Crippen LogP contribution in [0, 0.1) is 23.2 Å². The van der Waals surface area contributed by atoms with Crippen molar-refractivity contribution >= 4 is 0 Å². The first-order valence-corrected chi connectivity index (χ1v) is 5.11. The number of hydrogen-bond acceptors (Lipinski definition) is 0. The maximum Gasteiger partial charge on any atom is -0.00454 e. The fraction of sp³-hybridized carbons (Fsp3) is 0.818. The highest BCUT2D eigenvalue weighted by Crippen LogP contribution is 2.79. The molecule has 0 aromatic rings. The van der Waals surface area contributed by atoms with E-state index in [9.17, 15) is 0 Å². The van der Waals surface area contributed by atoms with E-state index in [1.807, 2.05) is 5.57 Å². The van der Waals surface area contributed by atoms with E-state index in [4.69, 9.17) is 0 Å². The maximum atomic E-state index is 2.60. The van der Waals surface area contributed by atoms with Gasteiger partial charge in [0.1, 0.15) is 0 Å². The molecular formula is C11H14. The molecule has 5 rings (SSSR count). The van der Waals surface area contributed by atoms with Crippen molar-refractivity contribution in [1.29, 1.82) is 0 Å². The highest BCUT2D eigenvalue weighted by Gasteiger charge is 2.70. The molecule has 5 aliphatic rings. The van der Waals surface area contributed by atoms with Crippen LogP contribution in [0.4, 0.5) is 0 Å². The number of rotatable bonds is 0. The van der Waals surface area contributed by atoms with Gasteiger partial charge in [-0.2, -0.15) is 0 Å². The van der Waals surface area contributed by atoms with Gasteiger partial charge in [0.05, 0.1) is 0 Å². The van der Waals surface area contributed by atoms with Crippen LogP contribution in [0.3, 0.4) is 0 Å². The van der Waals surface area contributed by atoms with Crippen molar-refractivity contribution in [2.45, 2.75) is 32.1 Å². The van der Waals surface area contributed by atoms with E-state index in [0.29, 0.717) is 0 Å². The lowest BCUT2D eigenvalue weighted by Crippen LogP contribution is -2.37. The van der Waals surface area contributed by atoms with Crippen molar-refractivity contribution in [2.24, 2.45) is 23.2 Å². The standard InChI is InChI=1S/C11H14/c1-2-7-4-8-5-11(6-10(7)11)9(8)3-1/h3,7-8,10H,1-2,4-6H2. The summed E-state index contributed by atoms with van der Waals surface area (Å²) in [4.78, 5) is 0. The normalized spacial score (nSPS) is 62.5. The van der Waals surface area contributed by atoms with Crippen LogP contribution in [-0.4, -0.2) is 0 Å². The van der Waals surface area contributed by atoms with E-state index >= 15 is 0 Å². The van der Waals surface area contributed by atoms with Gasteiger partial charge >= 0.3 is 0 Å². The van der Waals surface area contributed by atoms with Crippen molar-refractivity contribution in [3.8, 4) is 0 Å². The average Bonchev–Trinajstić information content (AvgIpc) is 2.69. The highest BCUT2D eigenvalue weighted by molar-refractivity contribution is 5.41. The lowest BCUT2D eigenvalue weighted by atomic mass is 9.58. The van der Waals surface area contributed by atoms with Crippen molar-refractivity contribution in [3.63, 3.8) is 0 Å². The van der Waals surface area contributed by atoms with E-state index in [1.54, 1.807) is 19.3 Å². The molecule has 0 radical (unpaired) electrons. The highest BCUT2D eigenvalue weighted by atomic mass is 14.7. The fourth-order valence-corrected chi connectivity index (χ4v) is 4.34. The van der Waals surface area contributed by atoms with Crippen LogP contribution in [0.1, 0.15) is 32.1 Å². The summed E-state index contributed by atoms with van der Waals surface area (Å²) in [6.45, 7) is 0. The Hall–Kier alpha value is -0.260. The number of allylic oxidation sites excluding steroid dienone is 2. The van der Waals surface area contributed by atoms with Gasteiger partial charge in [-0.3, -0.25) is 0 Å². The van der Waals surface area contributed by atoms with Gasteiger partial charge in [-0.05, 0) is 55.3 Å². The maximum absolute atomic E-state index is 2.60. The molecule has 0 amide bonds.